The summed E-state index contributed by atoms with van der Waals surface area (Å²) in [6, 6.07) is 9.48. The molecule has 1 aromatic carbocycles. The number of methoxy groups -OCH3 is 1. The minimum absolute atomic E-state index is 0.0811. The van der Waals surface area contributed by atoms with Crippen molar-refractivity contribution in [3.63, 3.8) is 0 Å². The van der Waals surface area contributed by atoms with Crippen LogP contribution in [0.4, 0.5) is 5.69 Å². The highest BCUT2D eigenvalue weighted by Gasteiger charge is 2.10. The third-order valence-corrected chi connectivity index (χ3v) is 3.42. The lowest BCUT2D eigenvalue weighted by atomic mass is 10.2. The predicted molar refractivity (Wildman–Crippen MR) is 86.6 cm³/mol. The highest BCUT2D eigenvalue weighted by atomic mass is 16.5. The molecule has 0 spiro atoms. The molecule has 2 aromatic rings. The van der Waals surface area contributed by atoms with Crippen LogP contribution in [-0.4, -0.2) is 23.6 Å². The zero-order valence-corrected chi connectivity index (χ0v) is 13.3. The number of nitrogens with one attached hydrogen (secondary N) is 1. The molecule has 0 aliphatic rings. The Morgan fingerprint density at radius 3 is 2.39 bits per heavy atom. The van der Waals surface area contributed by atoms with Crippen molar-refractivity contribution in [1.29, 1.82) is 0 Å². The normalized spacial score (nSPS) is 10.2. The Labute approximate surface area is 133 Å². The van der Waals surface area contributed by atoms with Crippen LogP contribution in [0.15, 0.2) is 41.2 Å². The summed E-state index contributed by atoms with van der Waals surface area (Å²) < 4.78 is 6.40. The first-order valence-electron chi connectivity index (χ1n) is 7.07. The van der Waals surface area contributed by atoms with Gasteiger partial charge in [0.05, 0.1) is 12.7 Å². The monoisotopic (exact) mass is 314 g/mol. The number of amides is 1. The van der Waals surface area contributed by atoms with Crippen LogP contribution in [0.25, 0.3) is 0 Å². The van der Waals surface area contributed by atoms with Gasteiger partial charge in [0, 0.05) is 29.2 Å². The number of hydrogen-bond donors (Lipinski definition) is 1. The lowest BCUT2D eigenvalue weighted by Gasteiger charge is -2.14. The molecule has 23 heavy (non-hydrogen) atoms. The van der Waals surface area contributed by atoms with E-state index >= 15 is 0 Å². The maximum atomic E-state index is 12.2. The van der Waals surface area contributed by atoms with Crippen LogP contribution in [0.2, 0.25) is 0 Å². The first-order valence-corrected chi connectivity index (χ1v) is 7.07. The fraction of sp³-hybridized carbons (Fsp3) is 0.235. The van der Waals surface area contributed by atoms with Crippen molar-refractivity contribution in [1.82, 2.24) is 4.57 Å². The molecule has 0 fully saturated rings. The van der Waals surface area contributed by atoms with Gasteiger partial charge >= 0.3 is 5.97 Å². The van der Waals surface area contributed by atoms with Crippen LogP contribution in [-0.2, 0) is 16.1 Å². The Morgan fingerprint density at radius 2 is 1.78 bits per heavy atom. The highest BCUT2D eigenvalue weighted by Crippen LogP contribution is 2.12. The fourth-order valence-electron chi connectivity index (χ4n) is 2.32. The van der Waals surface area contributed by atoms with E-state index in [2.05, 4.69) is 10.1 Å². The van der Waals surface area contributed by atoms with Gasteiger partial charge in [-0.3, -0.25) is 9.59 Å². The summed E-state index contributed by atoms with van der Waals surface area (Å²) in [6.07, 6.45) is 0. The van der Waals surface area contributed by atoms with Crippen LogP contribution < -0.4 is 10.7 Å². The predicted octanol–water partition coefficient (Wildman–Crippen LogP) is 1.89. The highest BCUT2D eigenvalue weighted by molar-refractivity contribution is 5.94. The van der Waals surface area contributed by atoms with Crippen LogP contribution in [0.3, 0.4) is 0 Å². The minimum atomic E-state index is -0.465. The summed E-state index contributed by atoms with van der Waals surface area (Å²) in [6.45, 7) is 3.64. The molecule has 1 amide bonds. The molecule has 120 valence electrons. The summed E-state index contributed by atoms with van der Waals surface area (Å²) in [7, 11) is 1.30. The molecule has 1 heterocycles. The average molecular weight is 314 g/mol. The Balaban J connectivity index is 2.14. The van der Waals surface area contributed by atoms with E-state index < -0.39 is 5.97 Å². The number of carbonyl (C=O) groups is 2. The number of rotatable bonds is 4. The zero-order chi connectivity index (χ0) is 17.0. The van der Waals surface area contributed by atoms with Crippen LogP contribution >= 0.6 is 0 Å². The van der Waals surface area contributed by atoms with Gasteiger partial charge in [0.15, 0.2) is 5.43 Å². The number of carbonyl (C=O) groups excluding carboxylic acids is 2. The lowest BCUT2D eigenvalue weighted by Crippen LogP contribution is -2.23. The molecule has 1 N–H and O–H groups in total. The second kappa shape index (κ2) is 6.91. The quantitative estimate of drug-likeness (QED) is 0.874. The standard InChI is InChI=1S/C17H18N2O4/c1-11-7-15(20)8-12(2)19(11)10-16(21)18-14-6-4-5-13(9-14)17(22)23-3/h4-9H,10H2,1-3H3,(H,18,21). The van der Waals surface area contributed by atoms with E-state index in [-0.39, 0.29) is 17.9 Å². The van der Waals surface area contributed by atoms with Crippen LogP contribution in [0, 0.1) is 13.8 Å². The number of nitrogens with zero attached hydrogens (tertiary/aromatic N) is 1. The smallest absolute Gasteiger partial charge is 0.337 e. The van der Waals surface area contributed by atoms with E-state index in [1.807, 2.05) is 0 Å². The Morgan fingerprint density at radius 1 is 1.13 bits per heavy atom. The molecule has 6 heteroatoms. The fourth-order valence-corrected chi connectivity index (χ4v) is 2.32. The van der Waals surface area contributed by atoms with Crippen molar-refractivity contribution in [3.8, 4) is 0 Å². The van der Waals surface area contributed by atoms with Gasteiger partial charge < -0.3 is 14.6 Å². The molecule has 0 aliphatic carbocycles. The Hall–Kier alpha value is -2.89. The molecule has 0 saturated heterocycles. The number of pyridine rings is 1. The maximum absolute atomic E-state index is 12.2. The van der Waals surface area contributed by atoms with Crippen LogP contribution in [0.1, 0.15) is 21.7 Å². The molecule has 0 aliphatic heterocycles. The zero-order valence-electron chi connectivity index (χ0n) is 13.3. The van der Waals surface area contributed by atoms with Gasteiger partial charge in [0.2, 0.25) is 5.91 Å². The first kappa shape index (κ1) is 16.5. The second-order valence-electron chi connectivity index (χ2n) is 5.18. The largest absolute Gasteiger partial charge is 0.465 e. The van der Waals surface area contributed by atoms with Gasteiger partial charge in [-0.1, -0.05) is 6.07 Å². The number of esters is 1. The van der Waals surface area contributed by atoms with E-state index in [0.29, 0.717) is 22.6 Å². The molecule has 0 bridgehead atoms. The summed E-state index contributed by atoms with van der Waals surface area (Å²) in [5, 5.41) is 2.73. The van der Waals surface area contributed by atoms with Crippen molar-refractivity contribution in [2.45, 2.75) is 20.4 Å². The Bertz CT molecular complexity index is 782. The number of anilines is 1. The van der Waals surface area contributed by atoms with E-state index in [4.69, 9.17) is 0 Å². The average Bonchev–Trinajstić information content (AvgIpc) is 2.50. The summed E-state index contributed by atoms with van der Waals surface area (Å²) in [5.74, 6) is -0.713. The molecular formula is C17H18N2O4. The molecule has 0 atom stereocenters. The van der Waals surface area contributed by atoms with E-state index in [0.717, 1.165) is 0 Å². The SMILES string of the molecule is COC(=O)c1cccc(NC(=O)Cn2c(C)cc(=O)cc2C)c1. The second-order valence-corrected chi connectivity index (χ2v) is 5.18. The van der Waals surface area contributed by atoms with Crippen molar-refractivity contribution in [2.75, 3.05) is 12.4 Å². The van der Waals surface area contributed by atoms with Gasteiger partial charge in [-0.2, -0.15) is 0 Å². The van der Waals surface area contributed by atoms with E-state index in [9.17, 15) is 14.4 Å². The Kier molecular flexibility index (Phi) is 4.95. The third kappa shape index (κ3) is 4.06. The molecule has 0 radical (unpaired) electrons. The van der Waals surface area contributed by atoms with Crippen molar-refractivity contribution < 1.29 is 14.3 Å². The lowest BCUT2D eigenvalue weighted by molar-refractivity contribution is -0.116. The summed E-state index contributed by atoms with van der Waals surface area (Å²) >= 11 is 0. The van der Waals surface area contributed by atoms with Crippen molar-refractivity contribution in [3.05, 3.63) is 63.6 Å². The molecule has 2 rings (SSSR count). The number of aryl methyl sites for hydroxylation is 2. The molecule has 0 saturated carbocycles. The van der Waals surface area contributed by atoms with Gasteiger partial charge in [0.25, 0.3) is 0 Å². The molecule has 1 aromatic heterocycles. The third-order valence-electron chi connectivity index (χ3n) is 3.42. The van der Waals surface area contributed by atoms with Crippen molar-refractivity contribution in [2.24, 2.45) is 0 Å². The summed E-state index contributed by atoms with van der Waals surface area (Å²) in [4.78, 5) is 35.1. The molecular weight excluding hydrogens is 296 g/mol. The first-order chi connectivity index (χ1) is 10.9. The van der Waals surface area contributed by atoms with E-state index in [1.165, 1.54) is 19.2 Å². The van der Waals surface area contributed by atoms with Crippen LogP contribution in [0.5, 0.6) is 0 Å². The van der Waals surface area contributed by atoms with Gasteiger partial charge in [-0.15, -0.1) is 0 Å². The topological polar surface area (TPSA) is 77.4 Å². The molecule has 0 unspecified atom stereocenters. The number of hydrogen-bond acceptors (Lipinski definition) is 4. The van der Waals surface area contributed by atoms with Gasteiger partial charge in [0.1, 0.15) is 6.54 Å². The number of aromatic nitrogens is 1. The van der Waals surface area contributed by atoms with Gasteiger partial charge in [-0.05, 0) is 32.0 Å². The van der Waals surface area contributed by atoms with Crippen molar-refractivity contribution >= 4 is 17.6 Å². The number of ether oxygens (including phenoxy) is 1. The van der Waals surface area contributed by atoms with E-state index in [1.54, 1.807) is 42.7 Å². The molecule has 6 nitrogen and oxygen atoms in total. The minimum Gasteiger partial charge on any atom is -0.465 e. The summed E-state index contributed by atoms with van der Waals surface area (Å²) in [5.41, 5.74) is 2.22. The van der Waals surface area contributed by atoms with Gasteiger partial charge in [-0.25, -0.2) is 4.79 Å². The number of benzene rings is 1. The maximum Gasteiger partial charge on any atom is 0.337 e.